The number of aryl methyl sites for hydroxylation is 4. The van der Waals surface area contributed by atoms with Crippen LogP contribution in [0.1, 0.15) is 29.2 Å². The molecule has 0 atom stereocenters. The molecule has 0 saturated heterocycles. The van der Waals surface area contributed by atoms with Crippen molar-refractivity contribution in [3.05, 3.63) is 180 Å². The highest BCUT2D eigenvalue weighted by Gasteiger charge is 2.22. The van der Waals surface area contributed by atoms with Gasteiger partial charge in [0, 0.05) is 33.5 Å². The Morgan fingerprint density at radius 3 is 0.980 bits per heavy atom. The van der Waals surface area contributed by atoms with Gasteiger partial charge in [0.05, 0.1) is 11.4 Å². The van der Waals surface area contributed by atoms with Crippen LogP contribution < -0.4 is 9.80 Å². The fraction of sp³-hybridized carbons (Fsp3) is 0.106. The van der Waals surface area contributed by atoms with Crippen molar-refractivity contribution in [1.82, 2.24) is 0 Å². The van der Waals surface area contributed by atoms with Gasteiger partial charge in [-0.25, -0.2) is 0 Å². The smallest absolute Gasteiger partial charge is 0.0546 e. The summed E-state index contributed by atoms with van der Waals surface area (Å²) in [6, 6.07) is 58.3. The molecule has 0 spiro atoms. The van der Waals surface area contributed by atoms with Crippen LogP contribution >= 0.6 is 0 Å². The maximum Gasteiger partial charge on any atom is 0.0546 e. The summed E-state index contributed by atoms with van der Waals surface area (Å²) in [7, 11) is 0. The van der Waals surface area contributed by atoms with E-state index in [0.717, 1.165) is 29.2 Å². The maximum absolute atomic E-state index is 2.42. The van der Waals surface area contributed by atoms with Crippen LogP contribution in [0.3, 0.4) is 0 Å². The first-order chi connectivity index (χ1) is 24.0. The number of nitrogens with zero attached hydrogens (tertiary/aromatic N) is 2. The average molecular weight is 633 g/mol. The maximum atomic E-state index is 2.42. The van der Waals surface area contributed by atoms with E-state index in [2.05, 4.69) is 195 Å². The van der Waals surface area contributed by atoms with Gasteiger partial charge in [0.2, 0.25) is 0 Å². The van der Waals surface area contributed by atoms with Crippen molar-refractivity contribution >= 4 is 66.4 Å². The van der Waals surface area contributed by atoms with Gasteiger partial charge < -0.3 is 9.80 Å². The molecule has 0 heterocycles. The van der Waals surface area contributed by atoms with Crippen molar-refractivity contribution in [2.75, 3.05) is 9.80 Å². The summed E-state index contributed by atoms with van der Waals surface area (Å²) in [6.45, 7) is 8.65. The molecule has 0 unspecified atom stereocenters. The summed E-state index contributed by atoms with van der Waals surface area (Å²) >= 11 is 0. The first-order valence-corrected chi connectivity index (χ1v) is 17.2. The minimum Gasteiger partial charge on any atom is -0.310 e. The fourth-order valence-electron chi connectivity index (χ4n) is 7.10. The quantitative estimate of drug-likeness (QED) is 0.161. The second-order valence-corrected chi connectivity index (χ2v) is 13.2. The highest BCUT2D eigenvalue weighted by Crippen LogP contribution is 2.47. The van der Waals surface area contributed by atoms with E-state index in [4.69, 9.17) is 0 Å². The largest absolute Gasteiger partial charge is 0.310 e. The van der Waals surface area contributed by atoms with Gasteiger partial charge in [0.25, 0.3) is 0 Å². The molecule has 0 aliphatic rings. The van der Waals surface area contributed by atoms with Crippen LogP contribution in [-0.4, -0.2) is 0 Å². The van der Waals surface area contributed by atoms with Crippen LogP contribution in [0.5, 0.6) is 0 Å². The molecular formula is C47H40N2. The molecule has 2 heteroatoms. The van der Waals surface area contributed by atoms with Gasteiger partial charge in [-0.15, -0.1) is 0 Å². The van der Waals surface area contributed by atoms with Crippen molar-refractivity contribution in [3.8, 4) is 0 Å². The van der Waals surface area contributed by atoms with Crippen molar-refractivity contribution in [3.63, 3.8) is 0 Å². The number of rotatable bonds is 7. The van der Waals surface area contributed by atoms with Gasteiger partial charge in [0.1, 0.15) is 0 Å². The summed E-state index contributed by atoms with van der Waals surface area (Å²) < 4.78 is 0. The molecule has 0 radical (unpaired) electrons. The summed E-state index contributed by atoms with van der Waals surface area (Å²) in [4.78, 5) is 4.84. The predicted octanol–water partition coefficient (Wildman–Crippen LogP) is 13.6. The first-order valence-electron chi connectivity index (χ1n) is 17.2. The molecule has 0 saturated carbocycles. The Balaban J connectivity index is 1.45. The van der Waals surface area contributed by atoms with Crippen LogP contribution in [0.15, 0.2) is 158 Å². The molecule has 0 fully saturated rings. The SMILES string of the molecule is CCc1ccc(N(c2ccc(C)cc2)c2cc3c4ccccc4c(N(c4ccc(C)cc4)c4ccc(C)cc4)cc3c3ccccc23)cc1. The number of hydrogen-bond donors (Lipinski definition) is 0. The number of benzene rings is 8. The molecule has 0 bridgehead atoms. The Hall–Kier alpha value is -5.86. The van der Waals surface area contributed by atoms with E-state index in [1.165, 1.54) is 65.9 Å². The molecule has 0 amide bonds. The Kier molecular flexibility index (Phi) is 7.86. The van der Waals surface area contributed by atoms with E-state index in [0.29, 0.717) is 0 Å². The zero-order valence-electron chi connectivity index (χ0n) is 28.6. The van der Waals surface area contributed by atoms with Crippen molar-refractivity contribution < 1.29 is 0 Å². The second kappa shape index (κ2) is 12.6. The molecule has 49 heavy (non-hydrogen) atoms. The molecule has 238 valence electrons. The average Bonchev–Trinajstić information content (AvgIpc) is 3.14. The van der Waals surface area contributed by atoms with Crippen molar-refractivity contribution in [2.24, 2.45) is 0 Å². The van der Waals surface area contributed by atoms with Crippen LogP contribution in [0, 0.1) is 20.8 Å². The minimum atomic E-state index is 1.01. The van der Waals surface area contributed by atoms with Crippen LogP contribution in [0.4, 0.5) is 34.1 Å². The van der Waals surface area contributed by atoms with Crippen molar-refractivity contribution in [2.45, 2.75) is 34.1 Å². The first kappa shape index (κ1) is 30.5. The third-order valence-electron chi connectivity index (χ3n) is 9.80. The molecule has 2 nitrogen and oxygen atoms in total. The van der Waals surface area contributed by atoms with Gasteiger partial charge in [-0.05, 0) is 115 Å². The third-order valence-corrected chi connectivity index (χ3v) is 9.80. The summed E-state index contributed by atoms with van der Waals surface area (Å²) in [5.41, 5.74) is 12.0. The lowest BCUT2D eigenvalue weighted by Crippen LogP contribution is -2.12. The molecule has 8 aromatic carbocycles. The monoisotopic (exact) mass is 632 g/mol. The normalized spacial score (nSPS) is 11.3. The number of fused-ring (bicyclic) bond motifs is 5. The molecule has 0 aliphatic heterocycles. The van der Waals surface area contributed by atoms with Crippen LogP contribution in [0.2, 0.25) is 0 Å². The van der Waals surface area contributed by atoms with E-state index in [-0.39, 0.29) is 0 Å². The third kappa shape index (κ3) is 5.60. The zero-order chi connectivity index (χ0) is 33.5. The molecule has 0 N–H and O–H groups in total. The van der Waals surface area contributed by atoms with Gasteiger partial charge >= 0.3 is 0 Å². The topological polar surface area (TPSA) is 6.48 Å². The Labute approximate surface area is 289 Å². The Morgan fingerprint density at radius 1 is 0.347 bits per heavy atom. The van der Waals surface area contributed by atoms with E-state index in [9.17, 15) is 0 Å². The molecule has 8 aromatic rings. The van der Waals surface area contributed by atoms with Crippen molar-refractivity contribution in [1.29, 1.82) is 0 Å². The highest BCUT2D eigenvalue weighted by molar-refractivity contribution is 6.24. The molecular weight excluding hydrogens is 593 g/mol. The Morgan fingerprint density at radius 2 is 0.653 bits per heavy atom. The second-order valence-electron chi connectivity index (χ2n) is 13.2. The fourth-order valence-corrected chi connectivity index (χ4v) is 7.10. The Bertz CT molecular complexity index is 2380. The standard InChI is InChI=1S/C47H40N2/c1-5-35-20-28-39(29-21-35)49(38-26-18-34(4)19-27-38)47-31-45-40-10-6-8-12-42(40)46(30-44(45)41-11-7-9-13-43(41)47)48(36-22-14-32(2)15-23-36)37-24-16-33(3)17-25-37/h6-31H,5H2,1-4H3. The van der Waals surface area contributed by atoms with E-state index < -0.39 is 0 Å². The van der Waals surface area contributed by atoms with Gasteiger partial charge in [-0.1, -0.05) is 121 Å². The predicted molar refractivity (Wildman–Crippen MR) is 212 cm³/mol. The van der Waals surface area contributed by atoms with Gasteiger partial charge in [-0.3, -0.25) is 0 Å². The number of anilines is 6. The van der Waals surface area contributed by atoms with E-state index in [1.54, 1.807) is 0 Å². The van der Waals surface area contributed by atoms with Crippen LogP contribution in [0.25, 0.3) is 32.3 Å². The summed E-state index contributed by atoms with van der Waals surface area (Å²) in [6.07, 6.45) is 1.01. The van der Waals surface area contributed by atoms with Gasteiger partial charge in [-0.2, -0.15) is 0 Å². The van der Waals surface area contributed by atoms with Crippen LogP contribution in [-0.2, 0) is 6.42 Å². The molecule has 0 aromatic heterocycles. The van der Waals surface area contributed by atoms with E-state index >= 15 is 0 Å². The highest BCUT2D eigenvalue weighted by atomic mass is 15.1. The lowest BCUT2D eigenvalue weighted by atomic mass is 9.93. The summed E-state index contributed by atoms with van der Waals surface area (Å²) in [5, 5.41) is 7.37. The lowest BCUT2D eigenvalue weighted by molar-refractivity contribution is 1.14. The van der Waals surface area contributed by atoms with E-state index in [1.807, 2.05) is 0 Å². The molecule has 0 aliphatic carbocycles. The molecule has 8 rings (SSSR count). The lowest BCUT2D eigenvalue weighted by Gasteiger charge is -2.30. The minimum absolute atomic E-state index is 1.01. The summed E-state index contributed by atoms with van der Waals surface area (Å²) in [5.74, 6) is 0. The number of hydrogen-bond acceptors (Lipinski definition) is 2. The zero-order valence-corrected chi connectivity index (χ0v) is 28.6. The van der Waals surface area contributed by atoms with Gasteiger partial charge in [0.15, 0.2) is 0 Å².